The van der Waals surface area contributed by atoms with Crippen LogP contribution in [0.1, 0.15) is 13.3 Å². The highest BCUT2D eigenvalue weighted by Crippen LogP contribution is 2.17. The molecule has 1 rings (SSSR count). The first-order chi connectivity index (χ1) is 7.79. The molecule has 5 nitrogen and oxygen atoms in total. The number of hydrogen-bond acceptors (Lipinski definition) is 5. The Bertz CT molecular complexity index is 310. The number of ether oxygens (including phenoxy) is 1. The molecular weight excluding hydrogens is 206 g/mol. The third kappa shape index (κ3) is 3.51. The van der Waals surface area contributed by atoms with Gasteiger partial charge in [-0.3, -0.25) is 0 Å². The van der Waals surface area contributed by atoms with Crippen LogP contribution in [0.4, 0.5) is 0 Å². The fourth-order valence-electron chi connectivity index (χ4n) is 1.31. The normalized spacial score (nSPS) is 18.0. The third-order valence-corrected chi connectivity index (χ3v) is 2.14. The highest BCUT2D eigenvalue weighted by atomic mass is 16.5. The lowest BCUT2D eigenvalue weighted by Gasteiger charge is -2.20. The molecule has 0 spiro atoms. The van der Waals surface area contributed by atoms with Crippen LogP contribution in [0.15, 0.2) is 41.7 Å². The van der Waals surface area contributed by atoms with Gasteiger partial charge in [-0.2, -0.15) is 0 Å². The van der Waals surface area contributed by atoms with Crippen molar-refractivity contribution >= 4 is 0 Å². The molecular formula is C11H17N3O2. The Morgan fingerprint density at radius 1 is 1.44 bits per heavy atom. The van der Waals surface area contributed by atoms with Crippen LogP contribution >= 0.6 is 0 Å². The zero-order valence-corrected chi connectivity index (χ0v) is 9.67. The van der Waals surface area contributed by atoms with Crippen LogP contribution in [0, 0.1) is 4.91 Å². The van der Waals surface area contributed by atoms with E-state index in [9.17, 15) is 4.91 Å². The molecule has 0 aromatic rings. The second-order valence-corrected chi connectivity index (χ2v) is 3.35. The van der Waals surface area contributed by atoms with Gasteiger partial charge in [0.1, 0.15) is 18.8 Å². The number of nitroso groups, excluding NO2 is 1. The monoisotopic (exact) mass is 223 g/mol. The van der Waals surface area contributed by atoms with Crippen LogP contribution < -0.4 is 0 Å². The first kappa shape index (κ1) is 12.4. The fraction of sp³-hybridized carbons (Fsp3) is 0.455. The van der Waals surface area contributed by atoms with Crippen LogP contribution in [0.5, 0.6) is 0 Å². The van der Waals surface area contributed by atoms with Gasteiger partial charge < -0.3 is 14.5 Å². The second-order valence-electron chi connectivity index (χ2n) is 3.35. The summed E-state index contributed by atoms with van der Waals surface area (Å²) in [6.07, 6.45) is 10.0. The second kappa shape index (κ2) is 6.79. The molecule has 1 aliphatic rings. The summed E-state index contributed by atoms with van der Waals surface area (Å²) in [4.78, 5) is 13.8. The van der Waals surface area contributed by atoms with Crippen molar-refractivity contribution in [1.29, 1.82) is 0 Å². The Labute approximate surface area is 95.6 Å². The maximum absolute atomic E-state index is 10.2. The molecule has 0 radical (unpaired) electrons. The van der Waals surface area contributed by atoms with Crippen LogP contribution in [-0.2, 0) is 4.74 Å². The van der Waals surface area contributed by atoms with E-state index >= 15 is 0 Å². The Balaban J connectivity index is 2.36. The maximum Gasteiger partial charge on any atom is 0.136 e. The average Bonchev–Trinajstić information content (AvgIpc) is 2.62. The predicted octanol–water partition coefficient (Wildman–Crippen LogP) is 2.21. The van der Waals surface area contributed by atoms with Crippen molar-refractivity contribution in [2.75, 3.05) is 20.4 Å². The lowest BCUT2D eigenvalue weighted by molar-refractivity contribution is 0.0848. The van der Waals surface area contributed by atoms with Crippen LogP contribution in [-0.4, -0.2) is 30.2 Å². The molecule has 0 aliphatic carbocycles. The van der Waals surface area contributed by atoms with Gasteiger partial charge in [0.05, 0.1) is 6.61 Å². The molecule has 0 saturated carbocycles. The minimum Gasteiger partial charge on any atom is -0.357 e. The molecule has 0 unspecified atom stereocenters. The lowest BCUT2D eigenvalue weighted by Crippen LogP contribution is -2.22. The zero-order chi connectivity index (χ0) is 11.8. The van der Waals surface area contributed by atoms with Crippen LogP contribution in [0.2, 0.25) is 0 Å². The van der Waals surface area contributed by atoms with Crippen molar-refractivity contribution in [3.8, 4) is 0 Å². The van der Waals surface area contributed by atoms with Crippen molar-refractivity contribution in [2.24, 2.45) is 5.18 Å². The minimum absolute atomic E-state index is 0.413. The van der Waals surface area contributed by atoms with Gasteiger partial charge in [-0.15, -0.1) is 4.91 Å². The van der Waals surface area contributed by atoms with E-state index in [0.29, 0.717) is 13.3 Å². The quantitative estimate of drug-likeness (QED) is 0.393. The van der Waals surface area contributed by atoms with Crippen LogP contribution in [0.25, 0.3) is 0 Å². The van der Waals surface area contributed by atoms with Gasteiger partial charge >= 0.3 is 0 Å². The molecule has 1 heterocycles. The van der Waals surface area contributed by atoms with Crippen LogP contribution in [0.3, 0.4) is 0 Å². The van der Waals surface area contributed by atoms with E-state index in [4.69, 9.17) is 4.74 Å². The first-order valence-corrected chi connectivity index (χ1v) is 5.22. The van der Waals surface area contributed by atoms with Crippen molar-refractivity contribution in [1.82, 2.24) is 9.80 Å². The Morgan fingerprint density at radius 3 is 2.94 bits per heavy atom. The molecule has 5 heteroatoms. The van der Waals surface area contributed by atoms with Gasteiger partial charge in [0.25, 0.3) is 0 Å². The Morgan fingerprint density at radius 2 is 2.25 bits per heavy atom. The summed E-state index contributed by atoms with van der Waals surface area (Å²) in [5.41, 5.74) is 0. The van der Waals surface area contributed by atoms with Gasteiger partial charge in [-0.25, -0.2) is 0 Å². The molecule has 1 aliphatic heterocycles. The van der Waals surface area contributed by atoms with Gasteiger partial charge in [0, 0.05) is 19.4 Å². The van der Waals surface area contributed by atoms with Gasteiger partial charge in [0.15, 0.2) is 0 Å². The third-order valence-electron chi connectivity index (χ3n) is 2.14. The summed E-state index contributed by atoms with van der Waals surface area (Å²) in [5.74, 6) is 0.717. The van der Waals surface area contributed by atoms with Gasteiger partial charge in [-0.05, 0) is 11.6 Å². The maximum atomic E-state index is 10.2. The summed E-state index contributed by atoms with van der Waals surface area (Å²) >= 11 is 0. The predicted molar refractivity (Wildman–Crippen MR) is 62.9 cm³/mol. The number of nitrogens with zero attached hydrogens (tertiary/aromatic N) is 3. The van der Waals surface area contributed by atoms with E-state index in [1.165, 1.54) is 6.20 Å². The number of rotatable bonds is 6. The summed E-state index contributed by atoms with van der Waals surface area (Å²) in [5, 5.41) is 2.77. The highest BCUT2D eigenvalue weighted by Gasteiger charge is 2.16. The van der Waals surface area contributed by atoms with Crippen molar-refractivity contribution < 1.29 is 4.74 Å². The highest BCUT2D eigenvalue weighted by molar-refractivity contribution is 5.12. The van der Waals surface area contributed by atoms with E-state index < -0.39 is 0 Å². The largest absolute Gasteiger partial charge is 0.357 e. The molecule has 0 bridgehead atoms. The summed E-state index contributed by atoms with van der Waals surface area (Å²) in [6, 6.07) is 0. The molecule has 0 amide bonds. The van der Waals surface area contributed by atoms with E-state index in [1.807, 2.05) is 35.3 Å². The topological polar surface area (TPSA) is 45.1 Å². The van der Waals surface area contributed by atoms with E-state index in [0.717, 1.165) is 12.2 Å². The molecule has 0 saturated heterocycles. The molecule has 0 atom stereocenters. The summed E-state index contributed by atoms with van der Waals surface area (Å²) in [7, 11) is 1.85. The lowest BCUT2D eigenvalue weighted by atomic mass is 10.4. The van der Waals surface area contributed by atoms with E-state index in [1.54, 1.807) is 0 Å². The van der Waals surface area contributed by atoms with Crippen molar-refractivity contribution in [2.45, 2.75) is 13.3 Å². The van der Waals surface area contributed by atoms with Gasteiger partial charge in [-0.1, -0.05) is 19.1 Å². The molecule has 0 fully saturated rings. The molecule has 88 valence electrons. The summed E-state index contributed by atoms with van der Waals surface area (Å²) in [6.45, 7) is 3.06. The Kier molecular flexibility index (Phi) is 5.28. The number of allylic oxidation sites excluding steroid dienone is 1. The number of hydrogen-bond donors (Lipinski definition) is 0. The molecule has 0 aromatic carbocycles. The van der Waals surface area contributed by atoms with Crippen molar-refractivity contribution in [3.63, 3.8) is 0 Å². The molecule has 0 aromatic heterocycles. The van der Waals surface area contributed by atoms with E-state index in [-0.39, 0.29) is 0 Å². The zero-order valence-electron chi connectivity index (χ0n) is 9.67. The Hall–Kier alpha value is -1.62. The van der Waals surface area contributed by atoms with Gasteiger partial charge in [0.2, 0.25) is 0 Å². The fourth-order valence-corrected chi connectivity index (χ4v) is 1.31. The standard InChI is InChI=1S/C11H17N3O2/c1-3-4-5-8-16-10-14-7-6-13(2)11(14)9-12-15/h4-7,9H,3,8,10H2,1-2H3/b5-4+,11-9+. The SMILES string of the molecule is CC/C=C/COCN1C=CN(C)/C1=C\N=O. The first-order valence-electron chi connectivity index (χ1n) is 5.22. The average molecular weight is 223 g/mol. The molecule has 0 N–H and O–H groups in total. The van der Waals surface area contributed by atoms with Crippen molar-refractivity contribution in [3.05, 3.63) is 41.5 Å². The minimum atomic E-state index is 0.413. The smallest absolute Gasteiger partial charge is 0.136 e. The summed E-state index contributed by atoms with van der Waals surface area (Å²) < 4.78 is 5.42. The molecule has 16 heavy (non-hydrogen) atoms. The van der Waals surface area contributed by atoms with E-state index in [2.05, 4.69) is 18.2 Å².